The molecule has 9 heteroatoms. The summed E-state index contributed by atoms with van der Waals surface area (Å²) in [5, 5.41) is 7.98. The van der Waals surface area contributed by atoms with Gasteiger partial charge in [0.1, 0.15) is 12.9 Å². The van der Waals surface area contributed by atoms with E-state index in [9.17, 15) is 4.79 Å². The van der Waals surface area contributed by atoms with E-state index in [1.165, 1.54) is 6.33 Å². The molecule has 1 N–H and O–H groups in total. The Morgan fingerprint density at radius 2 is 2.00 bits per heavy atom. The zero-order valence-corrected chi connectivity index (χ0v) is 16.4. The van der Waals surface area contributed by atoms with E-state index in [4.69, 9.17) is 32.7 Å². The van der Waals surface area contributed by atoms with Gasteiger partial charge in [0.2, 0.25) is 11.9 Å². The predicted octanol–water partition coefficient (Wildman–Crippen LogP) is 4.10. The maximum Gasteiger partial charge on any atom is 0.229 e. The summed E-state index contributed by atoms with van der Waals surface area (Å²) >= 11 is 12.4. The lowest BCUT2D eigenvalue weighted by atomic mass is 10.0. The SMILES string of the molecule is COc1cc(C2CC(=O)Nc3ncnn32)ccc1OCc1c(Cl)cccc1Cl. The first-order chi connectivity index (χ1) is 13.6. The summed E-state index contributed by atoms with van der Waals surface area (Å²) in [6, 6.07) is 10.5. The molecule has 0 radical (unpaired) electrons. The first-order valence-electron chi connectivity index (χ1n) is 8.50. The molecular formula is C19H16Cl2N4O3. The molecule has 0 saturated heterocycles. The highest BCUT2D eigenvalue weighted by Crippen LogP contribution is 2.36. The highest BCUT2D eigenvalue weighted by atomic mass is 35.5. The van der Waals surface area contributed by atoms with Gasteiger partial charge in [0.05, 0.1) is 19.6 Å². The molecule has 7 nitrogen and oxygen atoms in total. The molecule has 4 rings (SSSR count). The van der Waals surface area contributed by atoms with Gasteiger partial charge in [-0.2, -0.15) is 10.1 Å². The largest absolute Gasteiger partial charge is 0.493 e. The number of methoxy groups -OCH3 is 1. The maximum absolute atomic E-state index is 12.0. The van der Waals surface area contributed by atoms with Crippen LogP contribution in [0.1, 0.15) is 23.6 Å². The smallest absolute Gasteiger partial charge is 0.229 e. The Labute approximate surface area is 171 Å². The van der Waals surface area contributed by atoms with Crippen molar-refractivity contribution in [3.05, 3.63) is 63.9 Å². The zero-order valence-electron chi connectivity index (χ0n) is 14.9. The summed E-state index contributed by atoms with van der Waals surface area (Å²) in [6.45, 7) is 0.202. The van der Waals surface area contributed by atoms with Crippen molar-refractivity contribution in [1.29, 1.82) is 0 Å². The molecular weight excluding hydrogens is 403 g/mol. The quantitative estimate of drug-likeness (QED) is 0.674. The summed E-state index contributed by atoms with van der Waals surface area (Å²) in [5.41, 5.74) is 1.56. The van der Waals surface area contributed by atoms with Crippen molar-refractivity contribution in [3.63, 3.8) is 0 Å². The number of halogens is 2. The van der Waals surface area contributed by atoms with E-state index in [1.807, 2.05) is 12.1 Å². The Morgan fingerprint density at radius 3 is 2.75 bits per heavy atom. The van der Waals surface area contributed by atoms with Gasteiger partial charge < -0.3 is 9.47 Å². The molecule has 0 aliphatic carbocycles. The Hall–Kier alpha value is -2.77. The van der Waals surface area contributed by atoms with Crippen molar-refractivity contribution in [2.45, 2.75) is 19.1 Å². The first kappa shape index (κ1) is 18.6. The van der Waals surface area contributed by atoms with Crippen LogP contribution in [-0.4, -0.2) is 27.8 Å². The van der Waals surface area contributed by atoms with Crippen molar-refractivity contribution < 1.29 is 14.3 Å². The molecule has 1 aliphatic heterocycles. The first-order valence-corrected chi connectivity index (χ1v) is 9.25. The average molecular weight is 419 g/mol. The fourth-order valence-corrected chi connectivity index (χ4v) is 3.60. The Bertz CT molecular complexity index is 1020. The third-order valence-electron chi connectivity index (χ3n) is 4.50. The molecule has 2 aromatic carbocycles. The molecule has 0 saturated carbocycles. The number of hydrogen-bond acceptors (Lipinski definition) is 5. The number of nitrogens with zero attached hydrogens (tertiary/aromatic N) is 3. The zero-order chi connectivity index (χ0) is 19.7. The summed E-state index contributed by atoms with van der Waals surface area (Å²) < 4.78 is 13.1. The number of fused-ring (bicyclic) bond motifs is 1. The van der Waals surface area contributed by atoms with Gasteiger partial charge >= 0.3 is 0 Å². The maximum atomic E-state index is 12.0. The number of aromatic nitrogens is 3. The lowest BCUT2D eigenvalue weighted by molar-refractivity contribution is -0.117. The van der Waals surface area contributed by atoms with Gasteiger partial charge in [-0.15, -0.1) is 0 Å². The van der Waals surface area contributed by atoms with Gasteiger partial charge in [0.25, 0.3) is 0 Å². The Kier molecular flexibility index (Phi) is 5.11. The highest BCUT2D eigenvalue weighted by Gasteiger charge is 2.28. The minimum atomic E-state index is -0.271. The lowest BCUT2D eigenvalue weighted by Gasteiger charge is -2.24. The molecule has 0 bridgehead atoms. The van der Waals surface area contributed by atoms with Crippen molar-refractivity contribution in [2.24, 2.45) is 0 Å². The van der Waals surface area contributed by atoms with Crippen LogP contribution in [0, 0.1) is 0 Å². The molecule has 1 aliphatic rings. The molecule has 28 heavy (non-hydrogen) atoms. The number of nitrogens with one attached hydrogen (secondary N) is 1. The molecule has 2 heterocycles. The second-order valence-corrected chi connectivity index (χ2v) is 7.01. The summed E-state index contributed by atoms with van der Waals surface area (Å²) in [6.07, 6.45) is 1.67. The lowest BCUT2D eigenvalue weighted by Crippen LogP contribution is -2.29. The monoisotopic (exact) mass is 418 g/mol. The van der Waals surface area contributed by atoms with Gasteiger partial charge in [-0.1, -0.05) is 35.3 Å². The van der Waals surface area contributed by atoms with Crippen molar-refractivity contribution >= 4 is 35.1 Å². The third-order valence-corrected chi connectivity index (χ3v) is 5.21. The van der Waals surface area contributed by atoms with Crippen LogP contribution in [0.15, 0.2) is 42.7 Å². The molecule has 0 spiro atoms. The highest BCUT2D eigenvalue weighted by molar-refractivity contribution is 6.35. The second kappa shape index (κ2) is 7.69. The van der Waals surface area contributed by atoms with Crippen LogP contribution in [-0.2, 0) is 11.4 Å². The number of carbonyl (C=O) groups is 1. The van der Waals surface area contributed by atoms with Crippen LogP contribution >= 0.6 is 23.2 Å². The van der Waals surface area contributed by atoms with E-state index < -0.39 is 0 Å². The number of rotatable bonds is 5. The van der Waals surface area contributed by atoms with E-state index in [-0.39, 0.29) is 25.0 Å². The van der Waals surface area contributed by atoms with Crippen molar-refractivity contribution in [3.8, 4) is 11.5 Å². The molecule has 3 aromatic rings. The summed E-state index contributed by atoms with van der Waals surface area (Å²) in [5.74, 6) is 1.39. The molecule has 0 fully saturated rings. The van der Waals surface area contributed by atoms with E-state index in [1.54, 1.807) is 36.1 Å². The normalized spacial score (nSPS) is 15.7. The third kappa shape index (κ3) is 3.50. The van der Waals surface area contributed by atoms with Gasteiger partial charge in [0, 0.05) is 15.6 Å². The number of amides is 1. The van der Waals surface area contributed by atoms with E-state index in [2.05, 4.69) is 15.4 Å². The average Bonchev–Trinajstić information content (AvgIpc) is 3.15. The summed E-state index contributed by atoms with van der Waals surface area (Å²) in [4.78, 5) is 16.0. The van der Waals surface area contributed by atoms with Gasteiger partial charge in [-0.25, -0.2) is 4.68 Å². The van der Waals surface area contributed by atoms with Crippen LogP contribution in [0.25, 0.3) is 0 Å². The number of anilines is 1. The van der Waals surface area contributed by atoms with Gasteiger partial charge in [0.15, 0.2) is 11.5 Å². The van der Waals surface area contributed by atoms with Crippen molar-refractivity contribution in [1.82, 2.24) is 14.8 Å². The predicted molar refractivity (Wildman–Crippen MR) is 105 cm³/mol. The van der Waals surface area contributed by atoms with Crippen molar-refractivity contribution in [2.75, 3.05) is 12.4 Å². The van der Waals surface area contributed by atoms with Crippen LogP contribution in [0.5, 0.6) is 11.5 Å². The number of ether oxygens (including phenoxy) is 2. The van der Waals surface area contributed by atoms with Gasteiger partial charge in [-0.05, 0) is 29.8 Å². The van der Waals surface area contributed by atoms with Crippen LogP contribution in [0.3, 0.4) is 0 Å². The molecule has 144 valence electrons. The Balaban J connectivity index is 1.60. The van der Waals surface area contributed by atoms with Gasteiger partial charge in [-0.3, -0.25) is 10.1 Å². The topological polar surface area (TPSA) is 78.3 Å². The van der Waals surface area contributed by atoms with Crippen LogP contribution in [0.2, 0.25) is 10.0 Å². The van der Waals surface area contributed by atoms with E-state index in [0.717, 1.165) is 5.56 Å². The minimum absolute atomic E-state index is 0.113. The number of carbonyl (C=O) groups excluding carboxylic acids is 1. The minimum Gasteiger partial charge on any atom is -0.493 e. The van der Waals surface area contributed by atoms with Crippen LogP contribution < -0.4 is 14.8 Å². The van der Waals surface area contributed by atoms with E-state index >= 15 is 0 Å². The summed E-state index contributed by atoms with van der Waals surface area (Å²) in [7, 11) is 1.56. The molecule has 1 unspecified atom stereocenters. The Morgan fingerprint density at radius 1 is 1.21 bits per heavy atom. The fraction of sp³-hybridized carbons (Fsp3) is 0.211. The standard InChI is InChI=1S/C19H16Cl2N4O3/c1-27-17-7-11(15-8-18(26)24-19-22-10-23-25(15)19)5-6-16(17)28-9-12-13(20)3-2-4-14(12)21/h2-7,10,15H,8-9H2,1H3,(H,22,23,24,26). The molecule has 1 amide bonds. The number of hydrogen-bond donors (Lipinski definition) is 1. The second-order valence-electron chi connectivity index (χ2n) is 6.20. The van der Waals surface area contributed by atoms with E-state index in [0.29, 0.717) is 33.1 Å². The molecule has 1 atom stereocenters. The fourth-order valence-electron chi connectivity index (χ4n) is 3.10. The number of benzene rings is 2. The molecule has 1 aromatic heterocycles. The van der Waals surface area contributed by atoms with Crippen LogP contribution in [0.4, 0.5) is 5.95 Å².